The number of alkyl carbamates (subject to hydrolysis) is 2. The van der Waals surface area contributed by atoms with Gasteiger partial charge < -0.3 is 9.47 Å². The van der Waals surface area contributed by atoms with Crippen LogP contribution >= 0.6 is 0 Å². The summed E-state index contributed by atoms with van der Waals surface area (Å²) in [4.78, 5) is 22.2. The average molecular weight is 215 g/mol. The van der Waals surface area contributed by atoms with Gasteiger partial charge in [0.15, 0.2) is 0 Å². The molecule has 1 aliphatic rings. The number of carbonyl (C=O) groups is 2. The number of imide groups is 1. The van der Waals surface area contributed by atoms with Gasteiger partial charge in [0.1, 0.15) is 11.7 Å². The van der Waals surface area contributed by atoms with Crippen molar-refractivity contribution in [1.82, 2.24) is 5.32 Å². The molecule has 0 atom stereocenters. The van der Waals surface area contributed by atoms with Gasteiger partial charge in [0, 0.05) is 0 Å². The molecule has 1 saturated carbocycles. The van der Waals surface area contributed by atoms with Crippen molar-refractivity contribution >= 4 is 12.2 Å². The molecule has 1 N–H and O–H groups in total. The van der Waals surface area contributed by atoms with Crippen LogP contribution in [-0.4, -0.2) is 23.9 Å². The van der Waals surface area contributed by atoms with Gasteiger partial charge in [0.05, 0.1) is 0 Å². The van der Waals surface area contributed by atoms with Crippen LogP contribution in [0.5, 0.6) is 0 Å². The number of amides is 2. The third kappa shape index (κ3) is 4.67. The van der Waals surface area contributed by atoms with Gasteiger partial charge in [-0.3, -0.25) is 0 Å². The minimum absolute atomic E-state index is 0.0348. The van der Waals surface area contributed by atoms with Crippen LogP contribution in [0.1, 0.15) is 40.0 Å². The van der Waals surface area contributed by atoms with E-state index in [0.717, 1.165) is 19.3 Å². The van der Waals surface area contributed by atoms with Gasteiger partial charge in [-0.05, 0) is 40.0 Å². The van der Waals surface area contributed by atoms with E-state index >= 15 is 0 Å². The molecule has 0 aromatic rings. The second-order valence-electron chi connectivity index (χ2n) is 4.59. The van der Waals surface area contributed by atoms with E-state index in [1.807, 2.05) is 5.32 Å². The minimum Gasteiger partial charge on any atom is -0.446 e. The zero-order chi connectivity index (χ0) is 11.5. The van der Waals surface area contributed by atoms with E-state index in [0.29, 0.717) is 0 Å². The van der Waals surface area contributed by atoms with E-state index in [2.05, 4.69) is 0 Å². The van der Waals surface area contributed by atoms with Gasteiger partial charge in [-0.2, -0.15) is 0 Å². The summed E-state index contributed by atoms with van der Waals surface area (Å²) in [6.07, 6.45) is 1.29. The molecule has 0 saturated heterocycles. The van der Waals surface area contributed by atoms with Crippen LogP contribution in [0.2, 0.25) is 0 Å². The molecule has 5 nitrogen and oxygen atoms in total. The van der Waals surface area contributed by atoms with Crippen LogP contribution in [0.4, 0.5) is 9.59 Å². The summed E-state index contributed by atoms with van der Waals surface area (Å²) in [5, 5.41) is 2.01. The van der Waals surface area contributed by atoms with Gasteiger partial charge >= 0.3 is 12.2 Å². The number of hydrogen-bond acceptors (Lipinski definition) is 4. The molecule has 0 aliphatic heterocycles. The van der Waals surface area contributed by atoms with Crippen molar-refractivity contribution in [1.29, 1.82) is 0 Å². The highest BCUT2D eigenvalue weighted by molar-refractivity contribution is 5.87. The predicted molar refractivity (Wildman–Crippen MR) is 53.5 cm³/mol. The largest absolute Gasteiger partial charge is 0.446 e. The lowest BCUT2D eigenvalue weighted by Crippen LogP contribution is -2.39. The summed E-state index contributed by atoms with van der Waals surface area (Å²) in [6.45, 7) is 5.18. The van der Waals surface area contributed by atoms with Crippen LogP contribution in [0.15, 0.2) is 0 Å². The molecule has 2 amide bonds. The second-order valence-corrected chi connectivity index (χ2v) is 4.59. The van der Waals surface area contributed by atoms with E-state index < -0.39 is 17.8 Å². The fourth-order valence-corrected chi connectivity index (χ4v) is 1.06. The highest BCUT2D eigenvalue weighted by Crippen LogP contribution is 2.21. The van der Waals surface area contributed by atoms with Crippen molar-refractivity contribution in [2.24, 2.45) is 0 Å². The van der Waals surface area contributed by atoms with Crippen LogP contribution in [0.25, 0.3) is 0 Å². The lowest BCUT2D eigenvalue weighted by Gasteiger charge is -2.25. The van der Waals surface area contributed by atoms with Crippen molar-refractivity contribution in [3.05, 3.63) is 0 Å². The predicted octanol–water partition coefficient (Wildman–Crippen LogP) is 2.20. The minimum atomic E-state index is -0.771. The van der Waals surface area contributed by atoms with Crippen molar-refractivity contribution in [3.63, 3.8) is 0 Å². The highest BCUT2D eigenvalue weighted by Gasteiger charge is 2.24. The Balaban J connectivity index is 2.21. The zero-order valence-corrected chi connectivity index (χ0v) is 9.33. The molecule has 1 rings (SSSR count). The molecular formula is C10H17NO4. The molecule has 5 heteroatoms. The van der Waals surface area contributed by atoms with Gasteiger partial charge in [-0.1, -0.05) is 0 Å². The number of carbonyl (C=O) groups excluding carboxylic acids is 2. The molecular weight excluding hydrogens is 198 g/mol. The van der Waals surface area contributed by atoms with Gasteiger partial charge in [0.2, 0.25) is 0 Å². The van der Waals surface area contributed by atoms with Crippen LogP contribution < -0.4 is 5.32 Å². The molecule has 0 aromatic carbocycles. The number of ether oxygens (including phenoxy) is 2. The van der Waals surface area contributed by atoms with E-state index in [-0.39, 0.29) is 6.10 Å². The summed E-state index contributed by atoms with van der Waals surface area (Å²) < 4.78 is 9.81. The molecule has 1 fully saturated rings. The molecule has 0 unspecified atom stereocenters. The maximum absolute atomic E-state index is 11.1. The van der Waals surface area contributed by atoms with Gasteiger partial charge in [-0.15, -0.1) is 0 Å². The monoisotopic (exact) mass is 215 g/mol. The fraction of sp³-hybridized carbons (Fsp3) is 0.800. The number of rotatable bonds is 1. The summed E-state index contributed by atoms with van der Waals surface area (Å²) in [5.74, 6) is 0. The van der Waals surface area contributed by atoms with E-state index in [9.17, 15) is 9.59 Å². The van der Waals surface area contributed by atoms with E-state index in [1.54, 1.807) is 20.8 Å². The van der Waals surface area contributed by atoms with Crippen LogP contribution in [-0.2, 0) is 9.47 Å². The fourth-order valence-electron chi connectivity index (χ4n) is 1.06. The molecule has 1 aliphatic carbocycles. The van der Waals surface area contributed by atoms with Crippen LogP contribution in [0, 0.1) is 0 Å². The van der Waals surface area contributed by atoms with Crippen molar-refractivity contribution < 1.29 is 19.1 Å². The summed E-state index contributed by atoms with van der Waals surface area (Å²) >= 11 is 0. The third-order valence-electron chi connectivity index (χ3n) is 1.93. The first-order chi connectivity index (χ1) is 6.87. The van der Waals surface area contributed by atoms with Crippen molar-refractivity contribution in [2.75, 3.05) is 0 Å². The normalized spacial score (nSPS) is 16.5. The maximum Gasteiger partial charge on any atom is 0.417 e. The lowest BCUT2D eigenvalue weighted by atomic mass is 9.96. The Labute approximate surface area is 89.1 Å². The van der Waals surface area contributed by atoms with Crippen molar-refractivity contribution in [3.8, 4) is 0 Å². The SMILES string of the molecule is CC(C)(C)OC(=O)NC(=O)OC1CCC1. The lowest BCUT2D eigenvalue weighted by molar-refractivity contribution is 0.0357. The van der Waals surface area contributed by atoms with E-state index in [4.69, 9.17) is 9.47 Å². The first-order valence-corrected chi connectivity index (χ1v) is 5.07. The standard InChI is InChI=1S/C10H17NO4/c1-10(2,3)15-9(13)11-8(12)14-7-5-4-6-7/h7H,4-6H2,1-3H3,(H,11,12,13). The molecule has 0 spiro atoms. The Morgan fingerprint density at radius 3 is 2.20 bits per heavy atom. The zero-order valence-electron chi connectivity index (χ0n) is 9.33. The quantitative estimate of drug-likeness (QED) is 0.728. The van der Waals surface area contributed by atoms with Crippen LogP contribution in [0.3, 0.4) is 0 Å². The topological polar surface area (TPSA) is 64.6 Å². The van der Waals surface area contributed by atoms with Crippen molar-refractivity contribution in [2.45, 2.75) is 51.7 Å². The van der Waals surface area contributed by atoms with Gasteiger partial charge in [0.25, 0.3) is 0 Å². The maximum atomic E-state index is 11.1. The summed E-state index contributed by atoms with van der Waals surface area (Å²) in [7, 11) is 0. The average Bonchev–Trinajstić information content (AvgIpc) is 1.92. The molecule has 0 heterocycles. The Hall–Kier alpha value is -1.26. The molecule has 15 heavy (non-hydrogen) atoms. The molecule has 0 radical (unpaired) electrons. The first-order valence-electron chi connectivity index (χ1n) is 5.07. The number of nitrogens with one attached hydrogen (secondary N) is 1. The first kappa shape index (κ1) is 11.8. The number of hydrogen-bond donors (Lipinski definition) is 1. The van der Waals surface area contributed by atoms with E-state index in [1.165, 1.54) is 0 Å². The molecule has 86 valence electrons. The summed E-state index contributed by atoms with van der Waals surface area (Å²) in [5.41, 5.74) is -0.610. The Morgan fingerprint density at radius 2 is 1.80 bits per heavy atom. The summed E-state index contributed by atoms with van der Waals surface area (Å²) in [6, 6.07) is 0. The third-order valence-corrected chi connectivity index (χ3v) is 1.93. The Kier molecular flexibility index (Phi) is 3.55. The Morgan fingerprint density at radius 1 is 1.20 bits per heavy atom. The van der Waals surface area contributed by atoms with Gasteiger partial charge in [-0.25, -0.2) is 14.9 Å². The molecule has 0 bridgehead atoms. The Bertz CT molecular complexity index is 253. The smallest absolute Gasteiger partial charge is 0.417 e. The highest BCUT2D eigenvalue weighted by atomic mass is 16.6. The second kappa shape index (κ2) is 4.51. The molecule has 0 aromatic heterocycles.